The van der Waals surface area contributed by atoms with E-state index in [2.05, 4.69) is 6.58 Å². The Balaban J connectivity index is 1.86. The molecule has 0 heterocycles. The summed E-state index contributed by atoms with van der Waals surface area (Å²) in [4.78, 5) is 12.1. The highest BCUT2D eigenvalue weighted by molar-refractivity contribution is 5.89. The van der Waals surface area contributed by atoms with Crippen molar-refractivity contribution in [3.05, 3.63) is 42.0 Å². The average Bonchev–Trinajstić information content (AvgIpc) is 2.48. The van der Waals surface area contributed by atoms with Gasteiger partial charge in [-0.3, -0.25) is 0 Å². The molecular formula is C18H24O3. The fourth-order valence-electron chi connectivity index (χ4n) is 2.61. The molecule has 1 aromatic rings. The van der Waals surface area contributed by atoms with Gasteiger partial charge in [0.25, 0.3) is 0 Å². The standard InChI is InChI=1S/C18H24O3/c1-13(2)15-9-11-16(12-10-15)18(19)21-14(3)20-17-7-5-4-6-8-17/h9-12,14,17H,1,4-8H2,2-3H3. The third kappa shape index (κ3) is 4.71. The van der Waals surface area contributed by atoms with E-state index >= 15 is 0 Å². The predicted octanol–water partition coefficient (Wildman–Crippen LogP) is 4.57. The van der Waals surface area contributed by atoms with Crippen molar-refractivity contribution in [3.8, 4) is 0 Å². The Hall–Kier alpha value is -1.61. The minimum absolute atomic E-state index is 0.229. The first-order valence-corrected chi connectivity index (χ1v) is 7.68. The Kier molecular flexibility index (Phi) is 5.57. The largest absolute Gasteiger partial charge is 0.432 e. The minimum atomic E-state index is -0.499. The van der Waals surface area contributed by atoms with E-state index in [1.165, 1.54) is 19.3 Å². The molecule has 3 heteroatoms. The topological polar surface area (TPSA) is 35.5 Å². The summed E-state index contributed by atoms with van der Waals surface area (Å²) in [5.41, 5.74) is 2.54. The molecule has 0 N–H and O–H groups in total. The van der Waals surface area contributed by atoms with E-state index in [1.54, 1.807) is 19.1 Å². The van der Waals surface area contributed by atoms with Gasteiger partial charge in [-0.25, -0.2) is 4.79 Å². The zero-order chi connectivity index (χ0) is 15.2. The number of carbonyl (C=O) groups excluding carboxylic acids is 1. The van der Waals surface area contributed by atoms with Gasteiger partial charge >= 0.3 is 5.97 Å². The van der Waals surface area contributed by atoms with E-state index in [1.807, 2.05) is 19.1 Å². The molecule has 1 unspecified atom stereocenters. The number of ether oxygens (including phenoxy) is 2. The fraction of sp³-hybridized carbons (Fsp3) is 0.500. The lowest BCUT2D eigenvalue weighted by molar-refractivity contribution is -0.137. The van der Waals surface area contributed by atoms with Crippen molar-refractivity contribution < 1.29 is 14.3 Å². The SMILES string of the molecule is C=C(C)c1ccc(C(=O)OC(C)OC2CCCCC2)cc1. The highest BCUT2D eigenvalue weighted by Gasteiger charge is 2.19. The van der Waals surface area contributed by atoms with Crippen LogP contribution < -0.4 is 0 Å². The monoisotopic (exact) mass is 288 g/mol. The molecule has 0 aromatic heterocycles. The Morgan fingerprint density at radius 1 is 1.14 bits per heavy atom. The number of rotatable bonds is 5. The van der Waals surface area contributed by atoms with Crippen LogP contribution in [0, 0.1) is 0 Å². The summed E-state index contributed by atoms with van der Waals surface area (Å²) in [7, 11) is 0. The number of carbonyl (C=O) groups is 1. The molecule has 0 radical (unpaired) electrons. The molecule has 0 aliphatic heterocycles. The summed E-state index contributed by atoms with van der Waals surface area (Å²) in [5, 5.41) is 0. The lowest BCUT2D eigenvalue weighted by Crippen LogP contribution is -2.26. The third-order valence-corrected chi connectivity index (χ3v) is 3.82. The molecule has 1 aromatic carbocycles. The number of hydrogen-bond acceptors (Lipinski definition) is 3. The first-order valence-electron chi connectivity index (χ1n) is 7.68. The molecule has 3 nitrogen and oxygen atoms in total. The first-order chi connectivity index (χ1) is 10.1. The summed E-state index contributed by atoms with van der Waals surface area (Å²) in [6.07, 6.45) is 5.54. The van der Waals surface area contributed by atoms with E-state index in [0.29, 0.717) is 5.56 Å². The van der Waals surface area contributed by atoms with Gasteiger partial charge in [0.15, 0.2) is 0 Å². The van der Waals surface area contributed by atoms with Crippen LogP contribution in [0.25, 0.3) is 5.57 Å². The Labute approximate surface area is 127 Å². The molecule has 21 heavy (non-hydrogen) atoms. The van der Waals surface area contributed by atoms with Crippen LogP contribution in [0.2, 0.25) is 0 Å². The zero-order valence-corrected chi connectivity index (χ0v) is 12.9. The molecule has 1 fully saturated rings. The smallest absolute Gasteiger partial charge is 0.340 e. The van der Waals surface area contributed by atoms with Crippen molar-refractivity contribution in [2.24, 2.45) is 0 Å². The van der Waals surface area contributed by atoms with E-state index in [-0.39, 0.29) is 12.1 Å². The number of esters is 1. The third-order valence-electron chi connectivity index (χ3n) is 3.82. The second-order valence-electron chi connectivity index (χ2n) is 5.73. The van der Waals surface area contributed by atoms with Gasteiger partial charge in [0.1, 0.15) is 0 Å². The fourth-order valence-corrected chi connectivity index (χ4v) is 2.61. The molecule has 0 saturated heterocycles. The number of benzene rings is 1. The van der Waals surface area contributed by atoms with E-state index in [0.717, 1.165) is 24.0 Å². The predicted molar refractivity (Wildman–Crippen MR) is 84.0 cm³/mol. The van der Waals surface area contributed by atoms with Gasteiger partial charge in [-0.05, 0) is 44.4 Å². The van der Waals surface area contributed by atoms with Crippen LogP contribution in [-0.2, 0) is 9.47 Å². The highest BCUT2D eigenvalue weighted by Crippen LogP contribution is 2.22. The van der Waals surface area contributed by atoms with Gasteiger partial charge in [-0.2, -0.15) is 0 Å². The minimum Gasteiger partial charge on any atom is -0.432 e. The summed E-state index contributed by atoms with van der Waals surface area (Å²) < 4.78 is 11.1. The van der Waals surface area contributed by atoms with Crippen molar-refractivity contribution in [2.75, 3.05) is 0 Å². The number of hydrogen-bond donors (Lipinski definition) is 0. The molecule has 1 atom stereocenters. The van der Waals surface area contributed by atoms with Crippen LogP contribution in [-0.4, -0.2) is 18.4 Å². The molecular weight excluding hydrogens is 264 g/mol. The molecule has 1 aliphatic rings. The van der Waals surface area contributed by atoms with Crippen LogP contribution in [0.4, 0.5) is 0 Å². The second kappa shape index (κ2) is 7.41. The molecule has 0 amide bonds. The Morgan fingerprint density at radius 3 is 2.29 bits per heavy atom. The zero-order valence-electron chi connectivity index (χ0n) is 12.9. The Bertz CT molecular complexity index is 484. The van der Waals surface area contributed by atoms with Crippen LogP contribution in [0.5, 0.6) is 0 Å². The molecule has 1 aliphatic carbocycles. The van der Waals surface area contributed by atoms with Crippen molar-refractivity contribution >= 4 is 11.5 Å². The maximum atomic E-state index is 12.1. The lowest BCUT2D eigenvalue weighted by Gasteiger charge is -2.25. The normalized spacial score (nSPS) is 17.2. The highest BCUT2D eigenvalue weighted by atomic mass is 16.7. The van der Waals surface area contributed by atoms with Gasteiger partial charge in [0.05, 0.1) is 11.7 Å². The summed E-state index contributed by atoms with van der Waals surface area (Å²) in [6, 6.07) is 7.29. The van der Waals surface area contributed by atoms with Gasteiger partial charge in [-0.1, -0.05) is 43.5 Å². The molecule has 114 valence electrons. The lowest BCUT2D eigenvalue weighted by atomic mass is 9.98. The van der Waals surface area contributed by atoms with Crippen molar-refractivity contribution in [1.82, 2.24) is 0 Å². The van der Waals surface area contributed by atoms with Crippen LogP contribution in [0.15, 0.2) is 30.8 Å². The van der Waals surface area contributed by atoms with Gasteiger partial charge in [-0.15, -0.1) is 0 Å². The molecule has 1 saturated carbocycles. The van der Waals surface area contributed by atoms with Gasteiger partial charge in [0, 0.05) is 0 Å². The molecule has 0 bridgehead atoms. The number of allylic oxidation sites excluding steroid dienone is 1. The summed E-state index contributed by atoms with van der Waals surface area (Å²) in [6.45, 7) is 7.60. The second-order valence-corrected chi connectivity index (χ2v) is 5.73. The quantitative estimate of drug-likeness (QED) is 0.588. The molecule has 0 spiro atoms. The van der Waals surface area contributed by atoms with Crippen LogP contribution >= 0.6 is 0 Å². The van der Waals surface area contributed by atoms with Crippen molar-refractivity contribution in [1.29, 1.82) is 0 Å². The first kappa shape index (κ1) is 15.8. The van der Waals surface area contributed by atoms with E-state index in [9.17, 15) is 4.79 Å². The van der Waals surface area contributed by atoms with Crippen LogP contribution in [0.1, 0.15) is 61.9 Å². The summed E-state index contributed by atoms with van der Waals surface area (Å²) in [5.74, 6) is -0.341. The average molecular weight is 288 g/mol. The van der Waals surface area contributed by atoms with Crippen molar-refractivity contribution in [2.45, 2.75) is 58.3 Å². The molecule has 2 rings (SSSR count). The van der Waals surface area contributed by atoms with Gasteiger partial charge in [0.2, 0.25) is 6.29 Å². The summed E-state index contributed by atoms with van der Waals surface area (Å²) >= 11 is 0. The maximum absolute atomic E-state index is 12.1. The van der Waals surface area contributed by atoms with Crippen molar-refractivity contribution in [3.63, 3.8) is 0 Å². The maximum Gasteiger partial charge on any atom is 0.340 e. The van der Waals surface area contributed by atoms with Crippen LogP contribution in [0.3, 0.4) is 0 Å². The van der Waals surface area contributed by atoms with E-state index in [4.69, 9.17) is 9.47 Å². The van der Waals surface area contributed by atoms with E-state index < -0.39 is 6.29 Å². The van der Waals surface area contributed by atoms with Gasteiger partial charge < -0.3 is 9.47 Å². The Morgan fingerprint density at radius 2 is 1.71 bits per heavy atom.